The molecule has 3 heterocycles. The van der Waals surface area contributed by atoms with Gasteiger partial charge in [-0.2, -0.15) is 0 Å². The summed E-state index contributed by atoms with van der Waals surface area (Å²) >= 11 is 6.02. The molecule has 13 atom stereocenters. The minimum absolute atomic E-state index is 0.0995. The summed E-state index contributed by atoms with van der Waals surface area (Å²) in [6.45, 7) is 25.6. The van der Waals surface area contributed by atoms with Gasteiger partial charge in [0.1, 0.15) is 0 Å². The van der Waals surface area contributed by atoms with Crippen molar-refractivity contribution in [2.45, 2.75) is 196 Å². The summed E-state index contributed by atoms with van der Waals surface area (Å²) in [4.78, 5) is 13.4. The number of benzene rings is 4. The third-order valence-corrected chi connectivity index (χ3v) is 29.9. The van der Waals surface area contributed by atoms with Crippen molar-refractivity contribution in [3.8, 4) is 5.75 Å². The van der Waals surface area contributed by atoms with Crippen LogP contribution in [-0.4, -0.2) is 158 Å². The molecule has 3 saturated heterocycles. The van der Waals surface area contributed by atoms with E-state index in [1.54, 1.807) is 21.3 Å². The molecule has 0 radical (unpaired) electrons. The Morgan fingerprint density at radius 3 is 1.68 bits per heavy atom. The summed E-state index contributed by atoms with van der Waals surface area (Å²) < 4.78 is 96.2. The van der Waals surface area contributed by atoms with Crippen molar-refractivity contribution in [3.05, 3.63) is 132 Å². The van der Waals surface area contributed by atoms with Gasteiger partial charge >= 0.3 is 379 Å². The van der Waals surface area contributed by atoms with Crippen LogP contribution in [-0.2, 0) is 85.6 Å². The van der Waals surface area contributed by atoms with Gasteiger partial charge in [0.05, 0.1) is 6.61 Å². The molecule has 0 unspecified atom stereocenters. The molecule has 0 aliphatic carbocycles. The van der Waals surface area contributed by atoms with Crippen molar-refractivity contribution in [1.29, 1.82) is 0 Å². The van der Waals surface area contributed by atoms with E-state index in [1.807, 2.05) is 103 Å². The van der Waals surface area contributed by atoms with Crippen molar-refractivity contribution in [2.75, 3.05) is 47.0 Å². The van der Waals surface area contributed by atoms with E-state index >= 15 is 0 Å². The van der Waals surface area contributed by atoms with Crippen LogP contribution in [0.25, 0.3) is 0 Å². The quantitative estimate of drug-likeness (QED) is 0.0302. The smallest absolute Gasteiger partial charge is 0.408 e. The Kier molecular flexibility index (Phi) is 25.1. The van der Waals surface area contributed by atoms with Gasteiger partial charge in [0.2, 0.25) is 8.32 Å². The van der Waals surface area contributed by atoms with Crippen LogP contribution in [0.2, 0.25) is 39.6 Å². The molecule has 3 fully saturated rings. The van der Waals surface area contributed by atoms with E-state index < -0.39 is 102 Å². The average molecular weight is 1260 g/mol. The molecule has 0 aromatic heterocycles. The topological polar surface area (TPSA) is 146 Å². The number of ether oxygens (including phenoxy) is 12. The fraction of sp³-hybridized carbons (Fsp3) is 0.603. The minimum Gasteiger partial charge on any atom is -0.408 e. The van der Waals surface area contributed by atoms with Crippen LogP contribution in [0.1, 0.15) is 79.0 Å². The van der Waals surface area contributed by atoms with Gasteiger partial charge in [-0.25, -0.2) is 0 Å². The normalized spacial score (nSPS) is 27.5. The molecule has 454 valence electrons. The number of carbonyl (C=O) groups is 1. The SMILES string of the molecule is COC[C@H]1O[C@@H](O[C@@H]2OC[C@H](O[C@H]3OC[C@@H](OCc4ccc(OC)cc4)[C@H](O[Si](C)(C)C(C)(C)C)[C@@H]3[Se]c3ccccc3)[C@@H](OC(=O)CCl)[C@H]2OCc2ccccc2)[C@@H](OC)[C@@H](OCc2ccccc2)[C@@H]1O[Si](C(C)C)(C(C)C)C(C)C. The molecular weight excluding hydrogens is 1170 g/mol. The van der Waals surface area contributed by atoms with Crippen LogP contribution < -0.4 is 9.20 Å². The molecule has 0 bridgehead atoms. The summed E-state index contributed by atoms with van der Waals surface area (Å²) in [7, 11) is -0.165. The molecule has 15 nitrogen and oxygen atoms in total. The Morgan fingerprint density at radius 2 is 1.15 bits per heavy atom. The minimum atomic E-state index is -2.58. The predicted octanol–water partition coefficient (Wildman–Crippen LogP) is 11.2. The van der Waals surface area contributed by atoms with Crippen LogP contribution >= 0.6 is 11.6 Å². The number of methoxy groups -OCH3 is 3. The summed E-state index contributed by atoms with van der Waals surface area (Å²) in [5.41, 5.74) is 3.59. The van der Waals surface area contributed by atoms with Crippen molar-refractivity contribution in [3.63, 3.8) is 0 Å². The van der Waals surface area contributed by atoms with Crippen molar-refractivity contribution >= 4 is 53.6 Å². The molecule has 0 spiro atoms. The van der Waals surface area contributed by atoms with Crippen molar-refractivity contribution in [1.82, 2.24) is 0 Å². The van der Waals surface area contributed by atoms with Gasteiger partial charge in [0, 0.05) is 7.11 Å². The van der Waals surface area contributed by atoms with Gasteiger partial charge in [0.25, 0.3) is 0 Å². The number of esters is 1. The number of halogens is 1. The number of hydrogen-bond acceptors (Lipinski definition) is 15. The van der Waals surface area contributed by atoms with Gasteiger partial charge in [-0.3, -0.25) is 0 Å². The molecule has 7 rings (SSSR count). The second kappa shape index (κ2) is 31.0. The Balaban J connectivity index is 1.25. The first-order valence-electron chi connectivity index (χ1n) is 28.8. The Bertz CT molecular complexity index is 2470. The summed E-state index contributed by atoms with van der Waals surface area (Å²) in [5, 5.41) is -0.138. The number of alkyl halides is 1. The van der Waals surface area contributed by atoms with Gasteiger partial charge in [-0.05, 0) is 22.2 Å². The molecular formula is C63H91ClO15SeSi2. The van der Waals surface area contributed by atoms with Crippen LogP contribution in [0.5, 0.6) is 5.75 Å². The zero-order valence-corrected chi connectivity index (χ0v) is 55.0. The van der Waals surface area contributed by atoms with Gasteiger partial charge < -0.3 is 9.16 Å². The van der Waals surface area contributed by atoms with E-state index in [0.29, 0.717) is 6.61 Å². The standard InChI is InChI=1S/C63H91ClO15SeSi2/c1-41(2)82(42(3)4,43(5)6)79-54-50(38-66-10)74-61(57(68-12)56(54)70-36-44-24-18-15-19-25-44)77-60-58(71-37-45-26-20-16-21-27-45)53(76-52(65)34-64)51(40-72-60)75-62-59(80-48-28-22-17-23-29-48)55(78-81(13,14)63(7,8)9)49(39-73-62)69-35-46-30-32-47(67-11)33-31-46/h15-33,41-43,49-51,53-62H,34-40H2,1-14H3/t49-,50-,51+,53-,54-,55+,56+,57+,58-,59+,60+,61+,62-/m1/s1. The first kappa shape index (κ1) is 66.4. The third kappa shape index (κ3) is 16.9. The van der Waals surface area contributed by atoms with Crippen LogP contribution in [0, 0.1) is 0 Å². The summed E-state index contributed by atoms with van der Waals surface area (Å²) in [5.74, 6) is -0.345. The fourth-order valence-electron chi connectivity index (χ4n) is 11.2. The Labute approximate surface area is 501 Å². The van der Waals surface area contributed by atoms with Crippen LogP contribution in [0.4, 0.5) is 0 Å². The number of carbonyl (C=O) groups excluding carboxylic acids is 1. The number of hydrogen-bond donors (Lipinski definition) is 0. The molecule has 4 aromatic carbocycles. The Hall–Kier alpha value is -3.09. The fourth-order valence-corrected chi connectivity index (χ4v) is 21.0. The first-order chi connectivity index (χ1) is 39.2. The molecule has 0 amide bonds. The van der Waals surface area contributed by atoms with Crippen molar-refractivity contribution < 1.29 is 70.5 Å². The van der Waals surface area contributed by atoms with Gasteiger partial charge in [-0.1, -0.05) is 71.9 Å². The summed E-state index contributed by atoms with van der Waals surface area (Å²) in [6.07, 6.45) is -10.2. The van der Waals surface area contributed by atoms with Crippen LogP contribution in [0.15, 0.2) is 115 Å². The molecule has 0 saturated carbocycles. The van der Waals surface area contributed by atoms with Gasteiger partial charge in [-0.15, -0.1) is 0 Å². The van der Waals surface area contributed by atoms with E-state index in [4.69, 9.17) is 77.3 Å². The first-order valence-corrected chi connectivity index (χ1v) is 36.3. The molecule has 3 aliphatic rings. The van der Waals surface area contributed by atoms with E-state index in [2.05, 4.69) is 87.5 Å². The molecule has 82 heavy (non-hydrogen) atoms. The Morgan fingerprint density at radius 1 is 0.610 bits per heavy atom. The zero-order chi connectivity index (χ0) is 59.2. The molecule has 19 heteroatoms. The second-order valence-electron chi connectivity index (χ2n) is 23.9. The van der Waals surface area contributed by atoms with E-state index in [9.17, 15) is 4.79 Å². The molecule has 3 aliphatic heterocycles. The molecule has 4 aromatic rings. The average Bonchev–Trinajstić information content (AvgIpc) is 3.66. The van der Waals surface area contributed by atoms with E-state index in [1.165, 1.54) is 0 Å². The van der Waals surface area contributed by atoms with Crippen molar-refractivity contribution in [2.24, 2.45) is 0 Å². The van der Waals surface area contributed by atoms with E-state index in [0.717, 1.165) is 26.9 Å². The van der Waals surface area contributed by atoms with Crippen LogP contribution in [0.3, 0.4) is 0 Å². The third-order valence-electron chi connectivity index (χ3n) is 16.4. The number of rotatable bonds is 28. The second-order valence-corrected chi connectivity index (χ2v) is 36.9. The molecule has 0 N–H and O–H groups in total. The summed E-state index contributed by atoms with van der Waals surface area (Å²) in [6, 6.07) is 37.9. The monoisotopic (exact) mass is 1260 g/mol. The predicted molar refractivity (Wildman–Crippen MR) is 323 cm³/mol. The zero-order valence-electron chi connectivity index (χ0n) is 50.6. The maximum atomic E-state index is 13.7. The van der Waals surface area contributed by atoms with E-state index in [-0.39, 0.29) is 74.5 Å². The maximum absolute atomic E-state index is 13.7. The van der Waals surface area contributed by atoms with Gasteiger partial charge in [0.15, 0.2) is 0 Å².